The summed E-state index contributed by atoms with van der Waals surface area (Å²) in [5.74, 6) is -0.634. The summed E-state index contributed by atoms with van der Waals surface area (Å²) in [6, 6.07) is 12.5. The van der Waals surface area contributed by atoms with E-state index in [1.165, 1.54) is 23.1 Å². The molecular weight excluding hydrogens is 437 g/mol. The van der Waals surface area contributed by atoms with Gasteiger partial charge in [0.05, 0.1) is 21.4 Å². The van der Waals surface area contributed by atoms with Gasteiger partial charge in [-0.05, 0) is 23.8 Å². The number of primary amides is 1. The quantitative estimate of drug-likeness (QED) is 0.501. The van der Waals surface area contributed by atoms with Crippen molar-refractivity contribution < 1.29 is 9.59 Å². The van der Waals surface area contributed by atoms with Crippen LogP contribution in [0.1, 0.15) is 20.8 Å². The number of carbonyl (C=O) groups is 2. The maximum absolute atomic E-state index is 12.6. The molecule has 3 N–H and O–H groups in total. The molecule has 144 valence electrons. The Labute approximate surface area is 180 Å². The zero-order valence-electron chi connectivity index (χ0n) is 14.4. The predicted molar refractivity (Wildman–Crippen MR) is 116 cm³/mol. The fourth-order valence-corrected chi connectivity index (χ4v) is 4.42. The Morgan fingerprint density at radius 3 is 2.71 bits per heavy atom. The lowest BCUT2D eigenvalue weighted by atomic mass is 10.1. The monoisotopic (exact) mass is 451 g/mol. The first-order valence-electron chi connectivity index (χ1n) is 8.13. The SMILES string of the molecule is NC(=O)CSc1ccccc1C(=O)Nc1ncc(Cc2cccc(Cl)c2Cl)s1. The number of anilines is 1. The fourth-order valence-electron chi connectivity index (χ4n) is 2.41. The van der Waals surface area contributed by atoms with Gasteiger partial charge in [0.15, 0.2) is 5.13 Å². The molecule has 0 saturated carbocycles. The molecule has 1 heterocycles. The van der Waals surface area contributed by atoms with Crippen LogP contribution in [0.2, 0.25) is 10.0 Å². The summed E-state index contributed by atoms with van der Waals surface area (Å²) in [5.41, 5.74) is 6.54. The van der Waals surface area contributed by atoms with E-state index in [4.69, 9.17) is 28.9 Å². The Morgan fingerprint density at radius 2 is 1.93 bits per heavy atom. The van der Waals surface area contributed by atoms with Gasteiger partial charge in [0.25, 0.3) is 5.91 Å². The van der Waals surface area contributed by atoms with Gasteiger partial charge in [0.1, 0.15) is 0 Å². The Kier molecular flexibility index (Phi) is 6.96. The van der Waals surface area contributed by atoms with Crippen LogP contribution in [0.25, 0.3) is 0 Å². The van der Waals surface area contributed by atoms with Gasteiger partial charge in [-0.15, -0.1) is 23.1 Å². The first kappa shape index (κ1) is 20.7. The zero-order chi connectivity index (χ0) is 20.1. The molecule has 2 aromatic carbocycles. The molecule has 9 heteroatoms. The van der Waals surface area contributed by atoms with E-state index in [1.54, 1.807) is 36.5 Å². The second-order valence-electron chi connectivity index (χ2n) is 5.73. The zero-order valence-corrected chi connectivity index (χ0v) is 17.6. The Balaban J connectivity index is 1.71. The summed E-state index contributed by atoms with van der Waals surface area (Å²) < 4.78 is 0. The molecule has 0 aliphatic carbocycles. The van der Waals surface area contributed by atoms with Crippen LogP contribution in [0, 0.1) is 0 Å². The highest BCUT2D eigenvalue weighted by molar-refractivity contribution is 8.00. The molecule has 3 rings (SSSR count). The highest BCUT2D eigenvalue weighted by Gasteiger charge is 2.15. The van der Waals surface area contributed by atoms with E-state index in [9.17, 15) is 9.59 Å². The van der Waals surface area contributed by atoms with Crippen LogP contribution < -0.4 is 11.1 Å². The average Bonchev–Trinajstić information content (AvgIpc) is 3.11. The van der Waals surface area contributed by atoms with E-state index >= 15 is 0 Å². The van der Waals surface area contributed by atoms with Gasteiger partial charge in [0.2, 0.25) is 5.91 Å². The van der Waals surface area contributed by atoms with Gasteiger partial charge in [-0.2, -0.15) is 0 Å². The lowest BCUT2D eigenvalue weighted by molar-refractivity contribution is -0.115. The highest BCUT2D eigenvalue weighted by atomic mass is 35.5. The summed E-state index contributed by atoms with van der Waals surface area (Å²) in [5, 5.41) is 4.30. The molecule has 28 heavy (non-hydrogen) atoms. The number of nitrogens with two attached hydrogens (primary N) is 1. The molecule has 5 nitrogen and oxygen atoms in total. The molecule has 0 radical (unpaired) electrons. The van der Waals surface area contributed by atoms with Crippen molar-refractivity contribution in [3.05, 3.63) is 74.7 Å². The molecule has 0 bridgehead atoms. The minimum absolute atomic E-state index is 0.103. The van der Waals surface area contributed by atoms with E-state index < -0.39 is 5.91 Å². The summed E-state index contributed by atoms with van der Waals surface area (Å²) in [4.78, 5) is 29.5. The van der Waals surface area contributed by atoms with Crippen molar-refractivity contribution in [1.82, 2.24) is 4.98 Å². The van der Waals surface area contributed by atoms with Crippen LogP contribution in [0.4, 0.5) is 5.13 Å². The number of benzene rings is 2. The molecular formula is C19H15Cl2N3O2S2. The van der Waals surface area contributed by atoms with Crippen LogP contribution in [0.3, 0.4) is 0 Å². The van der Waals surface area contributed by atoms with E-state index in [0.29, 0.717) is 32.1 Å². The molecule has 0 saturated heterocycles. The minimum Gasteiger partial charge on any atom is -0.369 e. The van der Waals surface area contributed by atoms with Crippen molar-refractivity contribution >= 4 is 63.2 Å². The third-order valence-corrected chi connectivity index (χ3v) is 6.54. The number of thiazole rings is 1. The van der Waals surface area contributed by atoms with Gasteiger partial charge in [-0.25, -0.2) is 4.98 Å². The van der Waals surface area contributed by atoms with Crippen LogP contribution >= 0.6 is 46.3 Å². The first-order valence-corrected chi connectivity index (χ1v) is 10.7. The van der Waals surface area contributed by atoms with Crippen molar-refractivity contribution in [3.63, 3.8) is 0 Å². The van der Waals surface area contributed by atoms with Gasteiger partial charge in [0, 0.05) is 22.4 Å². The van der Waals surface area contributed by atoms with Crippen molar-refractivity contribution in [2.45, 2.75) is 11.3 Å². The fraction of sp³-hybridized carbons (Fsp3) is 0.105. The maximum atomic E-state index is 12.6. The normalized spacial score (nSPS) is 10.6. The van der Waals surface area contributed by atoms with Crippen molar-refractivity contribution in [2.75, 3.05) is 11.1 Å². The minimum atomic E-state index is -0.440. The number of carbonyl (C=O) groups excluding carboxylic acids is 2. The first-order chi connectivity index (χ1) is 13.4. The molecule has 3 aromatic rings. The van der Waals surface area contributed by atoms with Gasteiger partial charge in [-0.1, -0.05) is 47.5 Å². The Morgan fingerprint density at radius 1 is 1.14 bits per heavy atom. The van der Waals surface area contributed by atoms with E-state index in [0.717, 1.165) is 10.4 Å². The highest BCUT2D eigenvalue weighted by Crippen LogP contribution is 2.30. The predicted octanol–water partition coefficient (Wildman–Crippen LogP) is 4.87. The maximum Gasteiger partial charge on any atom is 0.258 e. The molecule has 2 amide bonds. The number of hydrogen-bond acceptors (Lipinski definition) is 5. The summed E-state index contributed by atoms with van der Waals surface area (Å²) >= 11 is 14.9. The summed E-state index contributed by atoms with van der Waals surface area (Å²) in [6.07, 6.45) is 2.27. The van der Waals surface area contributed by atoms with Crippen molar-refractivity contribution in [2.24, 2.45) is 5.73 Å². The molecule has 0 aliphatic heterocycles. The second kappa shape index (κ2) is 9.43. The van der Waals surface area contributed by atoms with Gasteiger partial charge in [-0.3, -0.25) is 14.9 Å². The average molecular weight is 452 g/mol. The Bertz CT molecular complexity index is 1020. The molecule has 0 fully saturated rings. The number of aromatic nitrogens is 1. The van der Waals surface area contributed by atoms with Crippen LogP contribution in [-0.4, -0.2) is 22.6 Å². The third kappa shape index (κ3) is 5.26. The van der Waals surface area contributed by atoms with Crippen molar-refractivity contribution in [1.29, 1.82) is 0 Å². The molecule has 0 atom stereocenters. The Hall–Kier alpha value is -2.06. The summed E-state index contributed by atoms with van der Waals surface area (Å²) in [7, 11) is 0. The lowest BCUT2D eigenvalue weighted by Crippen LogP contribution is -2.15. The molecule has 1 aromatic heterocycles. The molecule has 0 aliphatic rings. The van der Waals surface area contributed by atoms with Crippen LogP contribution in [-0.2, 0) is 11.2 Å². The number of halogens is 2. The number of hydrogen-bond donors (Lipinski definition) is 2. The van der Waals surface area contributed by atoms with E-state index in [-0.39, 0.29) is 11.7 Å². The van der Waals surface area contributed by atoms with Gasteiger partial charge >= 0.3 is 0 Å². The van der Waals surface area contributed by atoms with Crippen LogP contribution in [0.5, 0.6) is 0 Å². The van der Waals surface area contributed by atoms with E-state index in [1.807, 2.05) is 12.1 Å². The number of amides is 2. The second-order valence-corrected chi connectivity index (χ2v) is 8.64. The summed E-state index contributed by atoms with van der Waals surface area (Å²) in [6.45, 7) is 0. The third-order valence-electron chi connectivity index (χ3n) is 3.67. The number of nitrogens with zero attached hydrogens (tertiary/aromatic N) is 1. The van der Waals surface area contributed by atoms with Crippen molar-refractivity contribution in [3.8, 4) is 0 Å². The molecule has 0 spiro atoms. The number of rotatable bonds is 7. The lowest BCUT2D eigenvalue weighted by Gasteiger charge is -2.07. The largest absolute Gasteiger partial charge is 0.369 e. The molecule has 0 unspecified atom stereocenters. The number of nitrogens with one attached hydrogen (secondary N) is 1. The van der Waals surface area contributed by atoms with E-state index in [2.05, 4.69) is 10.3 Å². The van der Waals surface area contributed by atoms with Crippen LogP contribution in [0.15, 0.2) is 53.6 Å². The standard InChI is InChI=1S/C19H15Cl2N3O2S2/c20-14-6-3-4-11(17(14)21)8-12-9-23-19(28-12)24-18(26)13-5-1-2-7-15(13)27-10-16(22)25/h1-7,9H,8,10H2,(H2,22,25)(H,23,24,26). The topological polar surface area (TPSA) is 85.1 Å². The van der Waals surface area contributed by atoms with Gasteiger partial charge < -0.3 is 5.73 Å². The smallest absolute Gasteiger partial charge is 0.258 e. The number of thioether (sulfide) groups is 1.